The molecule has 1 rings (SSSR count). The van der Waals surface area contributed by atoms with E-state index in [0.717, 1.165) is 12.1 Å². The summed E-state index contributed by atoms with van der Waals surface area (Å²) in [4.78, 5) is 0. The number of hydrogen-bond donors (Lipinski definition) is 0. The van der Waals surface area contributed by atoms with Crippen molar-refractivity contribution < 1.29 is 4.48 Å². The second-order valence-electron chi connectivity index (χ2n) is 4.17. The highest BCUT2D eigenvalue weighted by Crippen LogP contribution is 2.25. The third kappa shape index (κ3) is 3.53. The molecule has 1 nitrogen and oxygen atoms in total. The smallest absolute Gasteiger partial charge is 0.200 e. The van der Waals surface area contributed by atoms with Crippen LogP contribution in [-0.4, -0.2) is 22.6 Å². The van der Waals surface area contributed by atoms with Crippen LogP contribution in [0.4, 0.5) is 0 Å². The van der Waals surface area contributed by atoms with Gasteiger partial charge in [0.05, 0.1) is 19.1 Å². The van der Waals surface area contributed by atoms with Crippen LogP contribution in [0.2, 0.25) is 10.0 Å². The number of nitrogens with zero attached hydrogens (tertiary/aromatic N) is 1. The van der Waals surface area contributed by atoms with Crippen LogP contribution in [0.3, 0.4) is 0 Å². The number of terminal acetylenes is 1. The lowest BCUT2D eigenvalue weighted by atomic mass is 10.2. The summed E-state index contributed by atoms with van der Waals surface area (Å²) < 4.78 is 0.808. The molecule has 0 aromatic heterocycles. The van der Waals surface area contributed by atoms with E-state index in [-0.39, 0.29) is 4.05 Å². The van der Waals surface area contributed by atoms with Gasteiger partial charge in [-0.2, -0.15) is 0 Å². The Hall–Kier alpha value is 0.0500. The Morgan fingerprint density at radius 1 is 1.44 bits per heavy atom. The van der Waals surface area contributed by atoms with Crippen molar-refractivity contribution in [2.24, 2.45) is 0 Å². The van der Waals surface area contributed by atoms with E-state index in [1.165, 1.54) is 0 Å². The SMILES string of the molecule is C#CC(I)[N+](C)(C)Cc1ccc(Cl)cc1Cl. The number of benzene rings is 1. The first kappa shape index (κ1) is 14.1. The zero-order chi connectivity index (χ0) is 12.3. The van der Waals surface area contributed by atoms with Gasteiger partial charge in [0.1, 0.15) is 6.54 Å². The van der Waals surface area contributed by atoms with Crippen LogP contribution in [-0.2, 0) is 6.54 Å². The maximum absolute atomic E-state index is 6.13. The molecule has 0 heterocycles. The highest BCUT2D eigenvalue weighted by molar-refractivity contribution is 14.1. The average Bonchev–Trinajstić information content (AvgIpc) is 2.21. The van der Waals surface area contributed by atoms with Crippen molar-refractivity contribution in [2.75, 3.05) is 14.1 Å². The molecule has 4 heteroatoms. The molecule has 0 aliphatic carbocycles. The molecule has 1 atom stereocenters. The van der Waals surface area contributed by atoms with Crippen LogP contribution < -0.4 is 0 Å². The Labute approximate surface area is 120 Å². The largest absolute Gasteiger partial charge is 0.304 e. The Balaban J connectivity index is 2.93. The van der Waals surface area contributed by atoms with E-state index >= 15 is 0 Å². The summed E-state index contributed by atoms with van der Waals surface area (Å²) >= 11 is 14.2. The number of rotatable bonds is 3. The van der Waals surface area contributed by atoms with Gasteiger partial charge < -0.3 is 4.48 Å². The van der Waals surface area contributed by atoms with Gasteiger partial charge in [0.2, 0.25) is 0 Å². The Bertz CT molecular complexity index is 424. The highest BCUT2D eigenvalue weighted by Gasteiger charge is 2.24. The van der Waals surface area contributed by atoms with E-state index < -0.39 is 0 Å². The van der Waals surface area contributed by atoms with Crippen LogP contribution in [0, 0.1) is 12.3 Å². The zero-order valence-corrected chi connectivity index (χ0v) is 12.8. The predicted molar refractivity (Wildman–Crippen MR) is 78.9 cm³/mol. The van der Waals surface area contributed by atoms with Crippen molar-refractivity contribution in [3.05, 3.63) is 33.8 Å². The summed E-state index contributed by atoms with van der Waals surface area (Å²) in [6.45, 7) is 0.786. The van der Waals surface area contributed by atoms with E-state index in [1.807, 2.05) is 12.1 Å². The topological polar surface area (TPSA) is 0 Å². The van der Waals surface area contributed by atoms with Gasteiger partial charge in [0.25, 0.3) is 0 Å². The quantitative estimate of drug-likeness (QED) is 0.249. The molecule has 1 aromatic carbocycles. The Morgan fingerprint density at radius 2 is 2.06 bits per heavy atom. The van der Waals surface area contributed by atoms with Crippen LogP contribution in [0.5, 0.6) is 0 Å². The number of hydrogen-bond acceptors (Lipinski definition) is 0. The number of alkyl halides is 1. The zero-order valence-electron chi connectivity index (χ0n) is 9.17. The van der Waals surface area contributed by atoms with E-state index in [0.29, 0.717) is 14.5 Å². The van der Waals surface area contributed by atoms with Crippen LogP contribution in [0.1, 0.15) is 5.56 Å². The molecule has 0 aliphatic heterocycles. The van der Waals surface area contributed by atoms with Crippen molar-refractivity contribution in [3.8, 4) is 12.3 Å². The van der Waals surface area contributed by atoms with Crippen molar-refractivity contribution in [2.45, 2.75) is 10.6 Å². The van der Waals surface area contributed by atoms with Crippen LogP contribution in [0.15, 0.2) is 18.2 Å². The molecule has 0 fully saturated rings. The minimum atomic E-state index is 0.115. The van der Waals surface area contributed by atoms with Crippen LogP contribution >= 0.6 is 45.8 Å². The molecule has 0 saturated carbocycles. The molecular formula is C12H13Cl2IN+. The van der Waals surface area contributed by atoms with Gasteiger partial charge in [-0.25, -0.2) is 0 Å². The molecule has 0 saturated heterocycles. The molecule has 0 amide bonds. The van der Waals surface area contributed by atoms with Crippen molar-refractivity contribution in [1.29, 1.82) is 0 Å². The van der Waals surface area contributed by atoms with Gasteiger partial charge in [0, 0.05) is 33.2 Å². The van der Waals surface area contributed by atoms with Gasteiger partial charge in [-0.05, 0) is 18.1 Å². The minimum absolute atomic E-state index is 0.115. The molecule has 1 unspecified atom stereocenters. The van der Waals surface area contributed by atoms with Crippen LogP contribution in [0.25, 0.3) is 0 Å². The summed E-state index contributed by atoms with van der Waals surface area (Å²) in [5.41, 5.74) is 1.06. The third-order valence-corrected chi connectivity index (χ3v) is 4.80. The van der Waals surface area contributed by atoms with Gasteiger partial charge in [-0.3, -0.25) is 0 Å². The fourth-order valence-electron chi connectivity index (χ4n) is 1.37. The summed E-state index contributed by atoms with van der Waals surface area (Å²) in [5.74, 6) is 2.75. The Morgan fingerprint density at radius 3 is 2.56 bits per heavy atom. The molecular weight excluding hydrogens is 356 g/mol. The van der Waals surface area contributed by atoms with E-state index in [9.17, 15) is 0 Å². The maximum Gasteiger partial charge on any atom is 0.200 e. The van der Waals surface area contributed by atoms with E-state index in [1.54, 1.807) is 6.07 Å². The average molecular weight is 369 g/mol. The fourth-order valence-corrected chi connectivity index (χ4v) is 2.04. The van der Waals surface area contributed by atoms with Gasteiger partial charge in [0.15, 0.2) is 4.05 Å². The molecule has 86 valence electrons. The van der Waals surface area contributed by atoms with Crippen molar-refractivity contribution >= 4 is 45.8 Å². The third-order valence-electron chi connectivity index (χ3n) is 2.34. The summed E-state index contributed by atoms with van der Waals surface area (Å²) in [5, 5.41) is 1.35. The molecule has 0 N–H and O–H groups in total. The van der Waals surface area contributed by atoms with Gasteiger partial charge in [-0.15, -0.1) is 6.42 Å². The second kappa shape index (κ2) is 5.59. The lowest BCUT2D eigenvalue weighted by molar-refractivity contribution is -0.902. The van der Waals surface area contributed by atoms with Crippen molar-refractivity contribution in [1.82, 2.24) is 0 Å². The predicted octanol–water partition coefficient (Wildman–Crippen LogP) is 3.96. The second-order valence-corrected chi connectivity index (χ2v) is 6.20. The first-order valence-corrected chi connectivity index (χ1v) is 6.74. The molecule has 0 bridgehead atoms. The Kier molecular flexibility index (Phi) is 4.93. The lowest BCUT2D eigenvalue weighted by Crippen LogP contribution is -2.44. The number of halogens is 3. The fraction of sp³-hybridized carbons (Fsp3) is 0.333. The lowest BCUT2D eigenvalue weighted by Gasteiger charge is -2.32. The first-order valence-electron chi connectivity index (χ1n) is 4.73. The van der Waals surface area contributed by atoms with E-state index in [2.05, 4.69) is 42.6 Å². The normalized spacial score (nSPS) is 13.2. The summed E-state index contributed by atoms with van der Waals surface area (Å²) in [6.07, 6.45) is 5.45. The summed E-state index contributed by atoms with van der Waals surface area (Å²) in [7, 11) is 4.17. The van der Waals surface area contributed by atoms with Gasteiger partial charge in [-0.1, -0.05) is 29.3 Å². The van der Waals surface area contributed by atoms with Gasteiger partial charge >= 0.3 is 0 Å². The van der Waals surface area contributed by atoms with Crippen molar-refractivity contribution in [3.63, 3.8) is 0 Å². The molecule has 16 heavy (non-hydrogen) atoms. The minimum Gasteiger partial charge on any atom is -0.304 e. The standard InChI is InChI=1S/C12H13Cl2IN/c1-4-12(15)16(2,3)8-9-5-6-10(13)7-11(9)14/h1,5-7,12H,8H2,2-3H3/q+1. The highest BCUT2D eigenvalue weighted by atomic mass is 127. The monoisotopic (exact) mass is 368 g/mol. The molecule has 0 spiro atoms. The first-order chi connectivity index (χ1) is 7.36. The molecule has 0 radical (unpaired) electrons. The maximum atomic E-state index is 6.13. The molecule has 0 aliphatic rings. The summed E-state index contributed by atoms with van der Waals surface area (Å²) in [6, 6.07) is 5.56. The van der Waals surface area contributed by atoms with E-state index in [4.69, 9.17) is 29.6 Å². The molecule has 1 aromatic rings. The number of quaternary nitrogens is 1.